The molecule has 0 spiro atoms. The molecule has 0 radical (unpaired) electrons. The number of thioether (sulfide) groups is 1. The third kappa shape index (κ3) is 4.58. The second-order valence-corrected chi connectivity index (χ2v) is 9.24. The highest BCUT2D eigenvalue weighted by atomic mass is 32.2. The molecule has 0 N–H and O–H groups in total. The van der Waals surface area contributed by atoms with Crippen LogP contribution in [0.4, 0.5) is 8.78 Å². The molecule has 0 bridgehead atoms. The largest absolute Gasteiger partial charge is 0.381 e. The zero-order valence-electron chi connectivity index (χ0n) is 16.3. The predicted molar refractivity (Wildman–Crippen MR) is 106 cm³/mol. The van der Waals surface area contributed by atoms with Gasteiger partial charge in [0.15, 0.2) is 0 Å². The van der Waals surface area contributed by atoms with Crippen LogP contribution in [0.25, 0.3) is 0 Å². The van der Waals surface area contributed by atoms with Crippen molar-refractivity contribution in [2.24, 2.45) is 5.92 Å². The summed E-state index contributed by atoms with van der Waals surface area (Å²) in [6.45, 7) is 2.87. The molecule has 0 saturated carbocycles. The molecule has 3 fully saturated rings. The van der Waals surface area contributed by atoms with Gasteiger partial charge in [0.1, 0.15) is 11.6 Å². The van der Waals surface area contributed by atoms with E-state index >= 15 is 0 Å². The summed E-state index contributed by atoms with van der Waals surface area (Å²) in [6, 6.07) is 3.71. The third-order valence-electron chi connectivity index (χ3n) is 6.10. The number of ether oxygens (including phenoxy) is 1. The Hall–Kier alpha value is -1.67. The van der Waals surface area contributed by atoms with Crippen molar-refractivity contribution >= 4 is 23.6 Å². The Morgan fingerprint density at radius 1 is 1.14 bits per heavy atom. The van der Waals surface area contributed by atoms with E-state index in [1.165, 1.54) is 6.07 Å². The van der Waals surface area contributed by atoms with E-state index in [0.717, 1.165) is 25.0 Å². The molecule has 158 valence electrons. The molecule has 3 aliphatic rings. The highest BCUT2D eigenvalue weighted by Gasteiger charge is 2.40. The Bertz CT molecular complexity index is 772. The van der Waals surface area contributed by atoms with Gasteiger partial charge in [-0.1, -0.05) is 0 Å². The normalized spacial score (nSPS) is 26.6. The number of amides is 2. The number of hydrogen-bond donors (Lipinski definition) is 0. The molecular formula is C21H26F2N2O3S. The quantitative estimate of drug-likeness (QED) is 0.749. The Kier molecular flexibility index (Phi) is 6.39. The van der Waals surface area contributed by atoms with Crippen molar-refractivity contribution in [1.82, 2.24) is 9.80 Å². The highest BCUT2D eigenvalue weighted by Crippen LogP contribution is 2.37. The number of nitrogens with zero attached hydrogens (tertiary/aromatic N) is 2. The first-order valence-corrected chi connectivity index (χ1v) is 11.3. The monoisotopic (exact) mass is 424 g/mol. The van der Waals surface area contributed by atoms with Crippen molar-refractivity contribution in [3.63, 3.8) is 0 Å². The molecular weight excluding hydrogens is 398 g/mol. The summed E-state index contributed by atoms with van der Waals surface area (Å²) in [6.07, 6.45) is 2.49. The Labute approximate surface area is 173 Å². The second-order valence-electron chi connectivity index (χ2n) is 7.93. The molecule has 8 heteroatoms. The molecule has 0 aliphatic carbocycles. The van der Waals surface area contributed by atoms with Gasteiger partial charge in [0, 0.05) is 61.9 Å². The van der Waals surface area contributed by atoms with E-state index in [-0.39, 0.29) is 35.4 Å². The first-order chi connectivity index (χ1) is 14.0. The minimum absolute atomic E-state index is 0.00822. The maximum atomic E-state index is 14.1. The Morgan fingerprint density at radius 2 is 1.93 bits per heavy atom. The van der Waals surface area contributed by atoms with Crippen LogP contribution >= 0.6 is 11.8 Å². The summed E-state index contributed by atoms with van der Waals surface area (Å²) in [4.78, 5) is 29.2. The van der Waals surface area contributed by atoms with Crippen LogP contribution in [0, 0.1) is 17.6 Å². The van der Waals surface area contributed by atoms with Crippen LogP contribution in [0.2, 0.25) is 0 Å². The molecule has 29 heavy (non-hydrogen) atoms. The van der Waals surface area contributed by atoms with E-state index in [4.69, 9.17) is 4.74 Å². The van der Waals surface area contributed by atoms with Crippen molar-refractivity contribution in [2.75, 3.05) is 38.6 Å². The fourth-order valence-electron chi connectivity index (χ4n) is 4.51. The van der Waals surface area contributed by atoms with Crippen molar-refractivity contribution in [3.8, 4) is 0 Å². The summed E-state index contributed by atoms with van der Waals surface area (Å²) in [7, 11) is 0. The van der Waals surface area contributed by atoms with Gasteiger partial charge >= 0.3 is 0 Å². The molecule has 4 rings (SSSR count). The molecule has 0 aromatic heterocycles. The van der Waals surface area contributed by atoms with Crippen molar-refractivity contribution in [1.29, 1.82) is 0 Å². The molecule has 2 unspecified atom stereocenters. The molecule has 5 nitrogen and oxygen atoms in total. The van der Waals surface area contributed by atoms with Crippen molar-refractivity contribution in [3.05, 3.63) is 35.4 Å². The number of hydrogen-bond acceptors (Lipinski definition) is 4. The Balaban J connectivity index is 1.37. The number of likely N-dealkylation sites (tertiary alicyclic amines) is 1. The van der Waals surface area contributed by atoms with E-state index in [9.17, 15) is 18.4 Å². The SMILES string of the molecule is O=C(C1CC(=O)N(C2CCOCC2)C1)N1CCSC(c2cc(F)ccc2F)CC1. The maximum Gasteiger partial charge on any atom is 0.228 e. The first-order valence-electron chi connectivity index (χ1n) is 10.3. The smallest absolute Gasteiger partial charge is 0.228 e. The van der Waals surface area contributed by atoms with Gasteiger partial charge in [0.05, 0.1) is 5.92 Å². The average Bonchev–Trinajstić information content (AvgIpc) is 2.96. The van der Waals surface area contributed by atoms with Crippen LogP contribution in [0.5, 0.6) is 0 Å². The van der Waals surface area contributed by atoms with E-state index < -0.39 is 11.6 Å². The number of carbonyl (C=O) groups is 2. The lowest BCUT2D eigenvalue weighted by atomic mass is 10.1. The fraction of sp³-hybridized carbons (Fsp3) is 0.619. The van der Waals surface area contributed by atoms with Crippen LogP contribution in [0.3, 0.4) is 0 Å². The number of benzene rings is 1. The maximum absolute atomic E-state index is 14.1. The van der Waals surface area contributed by atoms with Crippen LogP contribution in [0.15, 0.2) is 18.2 Å². The second kappa shape index (κ2) is 9.00. The average molecular weight is 425 g/mol. The molecule has 3 aliphatic heterocycles. The van der Waals surface area contributed by atoms with Crippen LogP contribution < -0.4 is 0 Å². The summed E-state index contributed by atoms with van der Waals surface area (Å²) in [5.74, 6) is -0.434. The Morgan fingerprint density at radius 3 is 2.72 bits per heavy atom. The van der Waals surface area contributed by atoms with E-state index in [0.29, 0.717) is 50.6 Å². The van der Waals surface area contributed by atoms with Gasteiger partial charge in [-0.3, -0.25) is 9.59 Å². The molecule has 1 aromatic carbocycles. The van der Waals surface area contributed by atoms with E-state index in [1.807, 2.05) is 4.90 Å². The van der Waals surface area contributed by atoms with Gasteiger partial charge in [-0.25, -0.2) is 8.78 Å². The van der Waals surface area contributed by atoms with Gasteiger partial charge in [-0.2, -0.15) is 11.8 Å². The van der Waals surface area contributed by atoms with Gasteiger partial charge in [-0.15, -0.1) is 0 Å². The van der Waals surface area contributed by atoms with E-state index in [2.05, 4.69) is 0 Å². The molecule has 3 saturated heterocycles. The van der Waals surface area contributed by atoms with Gasteiger partial charge in [0.25, 0.3) is 0 Å². The number of halogens is 2. The molecule has 2 amide bonds. The van der Waals surface area contributed by atoms with Gasteiger partial charge < -0.3 is 14.5 Å². The third-order valence-corrected chi connectivity index (χ3v) is 7.41. The topological polar surface area (TPSA) is 49.9 Å². The summed E-state index contributed by atoms with van der Waals surface area (Å²) < 4.78 is 33.1. The zero-order chi connectivity index (χ0) is 20.4. The summed E-state index contributed by atoms with van der Waals surface area (Å²) in [5, 5.41) is -0.174. The van der Waals surface area contributed by atoms with Gasteiger partial charge in [-0.05, 0) is 37.5 Å². The van der Waals surface area contributed by atoms with Crippen molar-refractivity contribution in [2.45, 2.75) is 37.0 Å². The highest BCUT2D eigenvalue weighted by molar-refractivity contribution is 7.99. The predicted octanol–water partition coefficient (Wildman–Crippen LogP) is 3.00. The van der Waals surface area contributed by atoms with Crippen LogP contribution in [-0.2, 0) is 14.3 Å². The molecule has 2 atom stereocenters. The fourth-order valence-corrected chi connectivity index (χ4v) is 5.75. The number of carbonyl (C=O) groups excluding carboxylic acids is 2. The summed E-state index contributed by atoms with van der Waals surface area (Å²) in [5.41, 5.74) is 0.367. The molecule has 3 heterocycles. The van der Waals surface area contributed by atoms with Crippen LogP contribution in [0.1, 0.15) is 36.5 Å². The lowest BCUT2D eigenvalue weighted by molar-refractivity contribution is -0.135. The summed E-state index contributed by atoms with van der Waals surface area (Å²) >= 11 is 1.56. The van der Waals surface area contributed by atoms with Crippen LogP contribution in [-0.4, -0.2) is 66.3 Å². The minimum atomic E-state index is -0.447. The van der Waals surface area contributed by atoms with E-state index in [1.54, 1.807) is 16.7 Å². The standard InChI is InChI=1S/C21H26F2N2O3S/c22-15-1-2-18(23)17(12-15)19-3-6-24(7-10-29-19)21(27)14-11-20(26)25(13-14)16-4-8-28-9-5-16/h1-2,12,14,16,19H,3-11,13H2. The van der Waals surface area contributed by atoms with Crippen molar-refractivity contribution < 1.29 is 23.1 Å². The number of rotatable bonds is 3. The lowest BCUT2D eigenvalue weighted by Crippen LogP contribution is -2.42. The first kappa shape index (κ1) is 20.6. The molecule has 1 aromatic rings. The minimum Gasteiger partial charge on any atom is -0.381 e. The van der Waals surface area contributed by atoms with Gasteiger partial charge in [0.2, 0.25) is 11.8 Å². The lowest BCUT2D eigenvalue weighted by Gasteiger charge is -2.31. The zero-order valence-corrected chi connectivity index (χ0v) is 17.1.